The van der Waals surface area contributed by atoms with Crippen molar-refractivity contribution in [3.8, 4) is 0 Å². The Morgan fingerprint density at radius 3 is 1.67 bits per heavy atom. The summed E-state index contributed by atoms with van der Waals surface area (Å²) in [5, 5.41) is 0.811. The Hall–Kier alpha value is -0.610. The maximum atomic E-state index is 5.96. The molecule has 0 N–H and O–H groups in total. The fraction of sp³-hybridized carbons (Fsp3) is 0.647. The molecule has 0 heterocycles. The molecule has 0 aromatic heterocycles. The van der Waals surface area contributed by atoms with Gasteiger partial charge in [-0.3, -0.25) is 4.90 Å². The van der Waals surface area contributed by atoms with Crippen molar-refractivity contribution in [3.63, 3.8) is 0 Å². The van der Waals surface area contributed by atoms with Crippen molar-refractivity contribution in [3.05, 3.63) is 34.9 Å². The molecule has 0 saturated carbocycles. The molecule has 1 rings (SSSR count). The van der Waals surface area contributed by atoms with E-state index in [-0.39, 0.29) is 0 Å². The van der Waals surface area contributed by atoms with Crippen LogP contribution in [-0.4, -0.2) is 69.1 Å². The summed E-state index contributed by atoms with van der Waals surface area (Å²) in [5.41, 5.74) is 1.34. The van der Waals surface area contributed by atoms with E-state index in [1.54, 1.807) is 0 Å². The van der Waals surface area contributed by atoms with Gasteiger partial charge < -0.3 is 9.80 Å². The van der Waals surface area contributed by atoms with Gasteiger partial charge in [-0.15, -0.1) is 0 Å². The van der Waals surface area contributed by atoms with Crippen LogP contribution >= 0.6 is 11.6 Å². The van der Waals surface area contributed by atoms with Gasteiger partial charge in [0.1, 0.15) is 0 Å². The van der Waals surface area contributed by atoms with Crippen molar-refractivity contribution in [2.75, 3.05) is 54.4 Å². The highest BCUT2D eigenvalue weighted by molar-refractivity contribution is 6.30. The Morgan fingerprint density at radius 2 is 1.24 bits per heavy atom. The predicted octanol–water partition coefficient (Wildman–Crippen LogP) is 3.05. The van der Waals surface area contributed by atoms with Gasteiger partial charge in [-0.1, -0.05) is 23.7 Å². The first-order valence-corrected chi connectivity index (χ1v) is 8.11. The van der Waals surface area contributed by atoms with Crippen LogP contribution in [0.5, 0.6) is 0 Å². The maximum Gasteiger partial charge on any atom is 0.0406 e. The lowest BCUT2D eigenvalue weighted by Crippen LogP contribution is -2.29. The van der Waals surface area contributed by atoms with Crippen molar-refractivity contribution in [2.24, 2.45) is 0 Å². The van der Waals surface area contributed by atoms with E-state index in [1.165, 1.54) is 18.4 Å². The summed E-state index contributed by atoms with van der Waals surface area (Å²) in [6, 6.07) is 8.23. The molecule has 0 bridgehead atoms. The molecule has 0 aliphatic carbocycles. The molecule has 1 aromatic rings. The minimum Gasteiger partial charge on any atom is -0.309 e. The highest BCUT2D eigenvalue weighted by Crippen LogP contribution is 2.12. The van der Waals surface area contributed by atoms with Crippen LogP contribution in [0.3, 0.4) is 0 Å². The van der Waals surface area contributed by atoms with E-state index in [2.05, 4.69) is 55.0 Å². The average molecular weight is 312 g/mol. The molecule has 0 fully saturated rings. The Balaban J connectivity index is 2.47. The van der Waals surface area contributed by atoms with Crippen LogP contribution in [0, 0.1) is 0 Å². The van der Waals surface area contributed by atoms with Crippen molar-refractivity contribution >= 4 is 11.6 Å². The van der Waals surface area contributed by atoms with Crippen molar-refractivity contribution in [2.45, 2.75) is 19.4 Å². The van der Waals surface area contributed by atoms with Gasteiger partial charge in [-0.05, 0) is 84.9 Å². The summed E-state index contributed by atoms with van der Waals surface area (Å²) in [5.74, 6) is 0. The lowest BCUT2D eigenvalue weighted by atomic mass is 10.2. The zero-order valence-corrected chi connectivity index (χ0v) is 14.7. The highest BCUT2D eigenvalue weighted by Gasteiger charge is 2.07. The first-order valence-electron chi connectivity index (χ1n) is 7.73. The summed E-state index contributed by atoms with van der Waals surface area (Å²) < 4.78 is 0. The molecule has 4 heteroatoms. The van der Waals surface area contributed by atoms with E-state index in [1.807, 2.05) is 12.1 Å². The summed E-state index contributed by atoms with van der Waals surface area (Å²) in [7, 11) is 8.54. The third-order valence-electron chi connectivity index (χ3n) is 3.48. The number of nitrogens with zero attached hydrogens (tertiary/aromatic N) is 3. The Bertz CT molecular complexity index is 362. The monoisotopic (exact) mass is 311 g/mol. The fourth-order valence-electron chi connectivity index (χ4n) is 2.34. The molecule has 3 nitrogen and oxygen atoms in total. The quantitative estimate of drug-likeness (QED) is 0.657. The van der Waals surface area contributed by atoms with Crippen LogP contribution < -0.4 is 0 Å². The van der Waals surface area contributed by atoms with Crippen LogP contribution in [0.2, 0.25) is 5.02 Å². The third kappa shape index (κ3) is 9.10. The molecule has 21 heavy (non-hydrogen) atoms. The second-order valence-corrected chi connectivity index (χ2v) is 6.65. The van der Waals surface area contributed by atoms with Crippen LogP contribution in [-0.2, 0) is 6.54 Å². The van der Waals surface area contributed by atoms with Gasteiger partial charge in [-0.25, -0.2) is 0 Å². The number of rotatable bonds is 10. The molecule has 0 unspecified atom stereocenters. The average Bonchev–Trinajstić information content (AvgIpc) is 2.40. The van der Waals surface area contributed by atoms with E-state index in [0.29, 0.717) is 0 Å². The lowest BCUT2D eigenvalue weighted by molar-refractivity contribution is 0.234. The minimum atomic E-state index is 0.811. The molecule has 1 aromatic carbocycles. The predicted molar refractivity (Wildman–Crippen MR) is 93.1 cm³/mol. The van der Waals surface area contributed by atoms with E-state index in [9.17, 15) is 0 Å². The zero-order valence-electron chi connectivity index (χ0n) is 14.0. The Morgan fingerprint density at radius 1 is 0.762 bits per heavy atom. The smallest absolute Gasteiger partial charge is 0.0406 e. The number of benzene rings is 1. The number of halogens is 1. The van der Waals surface area contributed by atoms with Crippen molar-refractivity contribution < 1.29 is 0 Å². The first-order chi connectivity index (χ1) is 9.97. The zero-order chi connectivity index (χ0) is 15.7. The second kappa shape index (κ2) is 10.2. The van der Waals surface area contributed by atoms with Gasteiger partial charge >= 0.3 is 0 Å². The maximum absolute atomic E-state index is 5.96. The van der Waals surface area contributed by atoms with Crippen molar-refractivity contribution in [1.29, 1.82) is 0 Å². The van der Waals surface area contributed by atoms with Gasteiger partial charge in [0, 0.05) is 11.6 Å². The van der Waals surface area contributed by atoms with E-state index in [0.717, 1.165) is 37.7 Å². The molecule has 0 aliphatic rings. The van der Waals surface area contributed by atoms with Gasteiger partial charge in [-0.2, -0.15) is 0 Å². The highest BCUT2D eigenvalue weighted by atomic mass is 35.5. The summed E-state index contributed by atoms with van der Waals surface area (Å²) >= 11 is 5.96. The van der Waals surface area contributed by atoms with E-state index >= 15 is 0 Å². The van der Waals surface area contributed by atoms with Gasteiger partial charge in [0.05, 0.1) is 0 Å². The second-order valence-electron chi connectivity index (χ2n) is 6.22. The minimum absolute atomic E-state index is 0.811. The topological polar surface area (TPSA) is 9.72 Å². The van der Waals surface area contributed by atoms with Crippen LogP contribution in [0.25, 0.3) is 0 Å². The van der Waals surface area contributed by atoms with Crippen molar-refractivity contribution in [1.82, 2.24) is 14.7 Å². The third-order valence-corrected chi connectivity index (χ3v) is 3.73. The standard InChI is InChI=1S/C17H30ClN3/c1-19(2)11-5-13-21(14-6-12-20(3)4)15-16-7-9-17(18)10-8-16/h7-10H,5-6,11-15H2,1-4H3. The molecule has 0 atom stereocenters. The summed E-state index contributed by atoms with van der Waals surface area (Å²) in [4.78, 5) is 7.05. The van der Waals surface area contributed by atoms with E-state index in [4.69, 9.17) is 11.6 Å². The molecule has 0 radical (unpaired) electrons. The van der Waals surface area contributed by atoms with Gasteiger partial charge in [0.15, 0.2) is 0 Å². The summed E-state index contributed by atoms with van der Waals surface area (Å²) in [6.45, 7) is 5.59. The first kappa shape index (κ1) is 18.4. The largest absolute Gasteiger partial charge is 0.309 e. The van der Waals surface area contributed by atoms with Crippen LogP contribution in [0.1, 0.15) is 18.4 Å². The number of hydrogen-bond acceptors (Lipinski definition) is 3. The molecule has 0 spiro atoms. The molecule has 0 saturated heterocycles. The lowest BCUT2D eigenvalue weighted by Gasteiger charge is -2.24. The Kier molecular flexibility index (Phi) is 8.93. The molecule has 0 aliphatic heterocycles. The Labute approximate surface area is 135 Å². The fourth-order valence-corrected chi connectivity index (χ4v) is 2.47. The van der Waals surface area contributed by atoms with Crippen LogP contribution in [0.15, 0.2) is 24.3 Å². The van der Waals surface area contributed by atoms with Gasteiger partial charge in [0.2, 0.25) is 0 Å². The van der Waals surface area contributed by atoms with Gasteiger partial charge in [0.25, 0.3) is 0 Å². The summed E-state index contributed by atoms with van der Waals surface area (Å²) in [6.07, 6.45) is 2.42. The molecular formula is C17H30ClN3. The van der Waals surface area contributed by atoms with E-state index < -0.39 is 0 Å². The normalized spacial score (nSPS) is 11.8. The molecular weight excluding hydrogens is 282 g/mol. The SMILES string of the molecule is CN(C)CCCN(CCCN(C)C)Cc1ccc(Cl)cc1. The number of hydrogen-bond donors (Lipinski definition) is 0. The molecule has 0 amide bonds. The van der Waals surface area contributed by atoms with Crippen LogP contribution in [0.4, 0.5) is 0 Å². The molecule has 120 valence electrons.